The Morgan fingerprint density at radius 1 is 1.30 bits per heavy atom. The molecule has 1 saturated carbocycles. The van der Waals surface area contributed by atoms with Crippen molar-refractivity contribution in [1.82, 2.24) is 14.8 Å². The molecular formula is C15H17Cl2F3N4O2S. The summed E-state index contributed by atoms with van der Waals surface area (Å²) < 4.78 is 58.2. The molecule has 0 radical (unpaired) electrons. The Morgan fingerprint density at radius 2 is 1.89 bits per heavy atom. The molecule has 0 amide bonds. The van der Waals surface area contributed by atoms with Gasteiger partial charge in [0.05, 0.1) is 5.69 Å². The van der Waals surface area contributed by atoms with Crippen LogP contribution in [0.2, 0.25) is 0 Å². The number of anilines is 1. The average molecular weight is 445 g/mol. The SMILES string of the molecule is CCc1ccc(-n2nc(C(F)(F)F)nc2NC)c(C2CC2)c1.O=S(=O)(Cl)Cl. The van der Waals surface area contributed by atoms with Crippen LogP contribution >= 0.6 is 21.4 Å². The Kier molecular flexibility index (Phi) is 6.64. The van der Waals surface area contributed by atoms with E-state index >= 15 is 0 Å². The number of nitrogens with zero attached hydrogens (tertiary/aromatic N) is 3. The average Bonchev–Trinajstić information content (AvgIpc) is 3.30. The zero-order valence-corrected chi connectivity index (χ0v) is 16.7. The molecule has 12 heteroatoms. The Balaban J connectivity index is 0.000000465. The molecule has 0 bridgehead atoms. The minimum atomic E-state index is -4.56. The minimum absolute atomic E-state index is 0.0958. The molecule has 27 heavy (non-hydrogen) atoms. The summed E-state index contributed by atoms with van der Waals surface area (Å²) in [7, 11) is 6.35. The van der Waals surface area contributed by atoms with E-state index in [0.717, 1.165) is 24.8 Å². The van der Waals surface area contributed by atoms with Gasteiger partial charge in [-0.3, -0.25) is 0 Å². The van der Waals surface area contributed by atoms with Gasteiger partial charge in [0.15, 0.2) is 0 Å². The molecule has 1 N–H and O–H groups in total. The Morgan fingerprint density at radius 3 is 2.33 bits per heavy atom. The molecule has 1 aromatic carbocycles. The summed E-state index contributed by atoms with van der Waals surface area (Å²) in [6.07, 6.45) is -1.53. The molecule has 0 aliphatic heterocycles. The number of aryl methyl sites for hydroxylation is 1. The summed E-state index contributed by atoms with van der Waals surface area (Å²) in [6, 6.07) is 5.83. The smallest absolute Gasteiger partial charge is 0.357 e. The highest BCUT2D eigenvalue weighted by Crippen LogP contribution is 2.43. The number of nitrogens with one attached hydrogen (secondary N) is 1. The van der Waals surface area contributed by atoms with Crippen molar-refractivity contribution in [2.45, 2.75) is 38.3 Å². The normalized spacial score (nSPS) is 14.5. The van der Waals surface area contributed by atoms with Gasteiger partial charge < -0.3 is 5.32 Å². The van der Waals surface area contributed by atoms with Crippen molar-refractivity contribution in [3.8, 4) is 5.69 Å². The minimum Gasteiger partial charge on any atom is -0.357 e. The zero-order chi connectivity index (χ0) is 20.4. The summed E-state index contributed by atoms with van der Waals surface area (Å²) >= 11 is 0. The van der Waals surface area contributed by atoms with Crippen LogP contribution < -0.4 is 5.32 Å². The number of alkyl halides is 3. The molecule has 1 aromatic heterocycles. The molecule has 150 valence electrons. The van der Waals surface area contributed by atoms with Gasteiger partial charge in [0.2, 0.25) is 5.95 Å². The number of rotatable bonds is 4. The molecule has 1 heterocycles. The standard InChI is InChI=1S/C15H17F3N4.Cl2O2S/c1-3-9-4-7-12(11(8-9)10-5-6-10)22-14(19-2)20-13(21-22)15(16,17)18;1-5(2,3)4/h4,7-8,10H,3,5-6H2,1-2H3,(H,19,20,21);. The molecule has 0 spiro atoms. The van der Waals surface area contributed by atoms with Crippen molar-refractivity contribution in [2.24, 2.45) is 0 Å². The third-order valence-corrected chi connectivity index (χ3v) is 3.83. The van der Waals surface area contributed by atoms with Gasteiger partial charge in [0.1, 0.15) is 0 Å². The quantitative estimate of drug-likeness (QED) is 0.703. The maximum absolute atomic E-state index is 12.9. The van der Waals surface area contributed by atoms with Gasteiger partial charge in [-0.05, 0) is 42.4 Å². The monoisotopic (exact) mass is 444 g/mol. The lowest BCUT2D eigenvalue weighted by molar-refractivity contribution is -0.144. The van der Waals surface area contributed by atoms with E-state index in [4.69, 9.17) is 8.42 Å². The Bertz CT molecular complexity index is 904. The van der Waals surface area contributed by atoms with E-state index in [-0.39, 0.29) is 5.95 Å². The molecule has 6 nitrogen and oxygen atoms in total. The lowest BCUT2D eigenvalue weighted by Crippen LogP contribution is -2.09. The largest absolute Gasteiger partial charge is 0.453 e. The van der Waals surface area contributed by atoms with Crippen molar-refractivity contribution in [1.29, 1.82) is 0 Å². The highest BCUT2D eigenvalue weighted by molar-refractivity contribution is 8.31. The summed E-state index contributed by atoms with van der Waals surface area (Å²) in [4.78, 5) is 3.56. The summed E-state index contributed by atoms with van der Waals surface area (Å²) in [6.45, 7) is 2.06. The first kappa shape index (κ1) is 21.8. The third kappa shape index (κ3) is 6.25. The highest BCUT2D eigenvalue weighted by atomic mass is 36.0. The summed E-state index contributed by atoms with van der Waals surface area (Å²) in [5.74, 6) is -0.624. The maximum Gasteiger partial charge on any atom is 0.453 e. The van der Waals surface area contributed by atoms with Crippen molar-refractivity contribution < 1.29 is 21.6 Å². The van der Waals surface area contributed by atoms with Crippen LogP contribution in [0.5, 0.6) is 0 Å². The van der Waals surface area contributed by atoms with Crippen LogP contribution in [-0.2, 0) is 20.9 Å². The van der Waals surface area contributed by atoms with Gasteiger partial charge in [0, 0.05) is 28.4 Å². The van der Waals surface area contributed by atoms with Crippen LogP contribution in [0.4, 0.5) is 19.1 Å². The summed E-state index contributed by atoms with van der Waals surface area (Å²) in [5, 5.41) is 6.36. The predicted molar refractivity (Wildman–Crippen MR) is 97.9 cm³/mol. The molecule has 1 fully saturated rings. The second kappa shape index (κ2) is 8.24. The Labute approximate surface area is 163 Å². The fourth-order valence-corrected chi connectivity index (χ4v) is 2.50. The molecule has 3 rings (SSSR count). The van der Waals surface area contributed by atoms with Crippen LogP contribution in [0.25, 0.3) is 5.69 Å². The number of hydrogen-bond acceptors (Lipinski definition) is 5. The second-order valence-electron chi connectivity index (χ2n) is 5.82. The lowest BCUT2D eigenvalue weighted by atomic mass is 10.0. The van der Waals surface area contributed by atoms with E-state index in [1.165, 1.54) is 17.3 Å². The fourth-order valence-electron chi connectivity index (χ4n) is 2.50. The van der Waals surface area contributed by atoms with E-state index in [1.807, 2.05) is 12.1 Å². The van der Waals surface area contributed by atoms with E-state index in [1.54, 1.807) is 0 Å². The van der Waals surface area contributed by atoms with Crippen LogP contribution in [0.15, 0.2) is 18.2 Å². The number of halogens is 5. The van der Waals surface area contributed by atoms with Gasteiger partial charge in [-0.15, -0.1) is 5.10 Å². The predicted octanol–water partition coefficient (Wildman–Crippen LogP) is 4.48. The first-order chi connectivity index (χ1) is 12.4. The van der Waals surface area contributed by atoms with Crippen LogP contribution in [0.3, 0.4) is 0 Å². The number of benzene rings is 1. The highest BCUT2D eigenvalue weighted by Gasteiger charge is 2.38. The molecule has 0 atom stereocenters. The van der Waals surface area contributed by atoms with E-state index in [9.17, 15) is 13.2 Å². The molecule has 1 aliphatic rings. The Hall–Kier alpha value is -1.52. The number of hydrogen-bond donors (Lipinski definition) is 1. The molecular weight excluding hydrogens is 428 g/mol. The third-order valence-electron chi connectivity index (χ3n) is 3.83. The van der Waals surface area contributed by atoms with Crippen LogP contribution in [-0.4, -0.2) is 30.2 Å². The van der Waals surface area contributed by atoms with Crippen LogP contribution in [0.1, 0.15) is 42.6 Å². The van der Waals surface area contributed by atoms with Gasteiger partial charge in [-0.25, -0.2) is 0 Å². The van der Waals surface area contributed by atoms with E-state index in [2.05, 4.69) is 49.8 Å². The fraction of sp³-hybridized carbons (Fsp3) is 0.467. The maximum atomic E-state index is 12.9. The molecule has 0 saturated heterocycles. The van der Waals surface area contributed by atoms with Crippen LogP contribution in [0, 0.1) is 0 Å². The molecule has 1 aliphatic carbocycles. The van der Waals surface area contributed by atoms with Gasteiger partial charge in [0.25, 0.3) is 5.82 Å². The van der Waals surface area contributed by atoms with Crippen molar-refractivity contribution in [2.75, 3.05) is 12.4 Å². The van der Waals surface area contributed by atoms with E-state index < -0.39 is 20.3 Å². The molecule has 2 aromatic rings. The van der Waals surface area contributed by atoms with E-state index in [0.29, 0.717) is 11.6 Å². The van der Waals surface area contributed by atoms with Gasteiger partial charge >= 0.3 is 14.4 Å². The summed E-state index contributed by atoms with van der Waals surface area (Å²) in [5.41, 5.74) is 2.90. The topological polar surface area (TPSA) is 76.9 Å². The first-order valence-corrected chi connectivity index (χ1v) is 11.1. The lowest BCUT2D eigenvalue weighted by Gasteiger charge is -2.12. The number of aromatic nitrogens is 3. The second-order valence-corrected chi connectivity index (χ2v) is 9.49. The van der Waals surface area contributed by atoms with Gasteiger partial charge in [-0.1, -0.05) is 19.1 Å². The van der Waals surface area contributed by atoms with Crippen molar-refractivity contribution in [3.05, 3.63) is 35.2 Å². The van der Waals surface area contributed by atoms with Crippen molar-refractivity contribution >= 4 is 35.6 Å². The van der Waals surface area contributed by atoms with Crippen molar-refractivity contribution in [3.63, 3.8) is 0 Å². The molecule has 0 unspecified atom stereocenters. The zero-order valence-electron chi connectivity index (χ0n) is 14.4. The first-order valence-electron chi connectivity index (χ1n) is 7.93. The van der Waals surface area contributed by atoms with Gasteiger partial charge in [-0.2, -0.15) is 31.3 Å².